The SMILES string of the molecule is CC(=O)C1(Cl)C=CC(C)C(C)(Cl)C1(C)Cl. The standard InChI is InChI=1S/C11H15Cl3O/c1-7-5-6-11(14,8(2)15)10(4,13)9(7,3)12/h5-7H,1-4H3. The molecule has 0 aliphatic heterocycles. The van der Waals surface area contributed by atoms with E-state index in [4.69, 9.17) is 34.8 Å². The average molecular weight is 270 g/mol. The zero-order valence-electron chi connectivity index (χ0n) is 9.27. The summed E-state index contributed by atoms with van der Waals surface area (Å²) in [6.45, 7) is 6.92. The van der Waals surface area contributed by atoms with Crippen LogP contribution in [0.1, 0.15) is 27.7 Å². The summed E-state index contributed by atoms with van der Waals surface area (Å²) in [5.41, 5.74) is 0. The number of ketones is 1. The zero-order chi connectivity index (χ0) is 12.1. The molecule has 0 aromatic rings. The van der Waals surface area contributed by atoms with Crippen molar-refractivity contribution in [1.82, 2.24) is 0 Å². The second-order valence-electron chi connectivity index (χ2n) is 4.49. The minimum absolute atomic E-state index is 0.0629. The van der Waals surface area contributed by atoms with Crippen molar-refractivity contribution < 1.29 is 4.79 Å². The smallest absolute Gasteiger partial charge is 0.156 e. The number of carbonyl (C=O) groups excluding carboxylic acids is 1. The van der Waals surface area contributed by atoms with E-state index in [0.717, 1.165) is 0 Å². The second kappa shape index (κ2) is 3.65. The number of rotatable bonds is 1. The summed E-state index contributed by atoms with van der Waals surface area (Å²) in [4.78, 5) is 8.62. The first-order chi connectivity index (χ1) is 6.57. The van der Waals surface area contributed by atoms with E-state index < -0.39 is 14.6 Å². The molecule has 0 saturated carbocycles. The number of halogens is 3. The van der Waals surface area contributed by atoms with Gasteiger partial charge in [0.05, 0.1) is 9.75 Å². The third-order valence-electron chi connectivity index (χ3n) is 3.58. The van der Waals surface area contributed by atoms with E-state index in [-0.39, 0.29) is 11.7 Å². The van der Waals surface area contributed by atoms with Crippen molar-refractivity contribution in [1.29, 1.82) is 0 Å². The molecular weight excluding hydrogens is 254 g/mol. The number of hydrogen-bond acceptors (Lipinski definition) is 1. The predicted molar refractivity (Wildman–Crippen MR) is 66.1 cm³/mol. The highest BCUT2D eigenvalue weighted by molar-refractivity contribution is 6.47. The molecule has 1 aliphatic rings. The van der Waals surface area contributed by atoms with Crippen molar-refractivity contribution in [2.24, 2.45) is 5.92 Å². The molecule has 0 spiro atoms. The molecule has 0 aromatic heterocycles. The number of Topliss-reactive ketones (excluding diaryl/α,β-unsaturated/α-hetero) is 1. The molecule has 1 aliphatic carbocycles. The van der Waals surface area contributed by atoms with Crippen LogP contribution in [0.5, 0.6) is 0 Å². The monoisotopic (exact) mass is 268 g/mol. The fourth-order valence-corrected chi connectivity index (χ4v) is 2.75. The van der Waals surface area contributed by atoms with Gasteiger partial charge in [-0.15, -0.1) is 34.8 Å². The summed E-state index contributed by atoms with van der Waals surface area (Å²) in [5, 5.41) is 0. The molecule has 0 amide bonds. The fraction of sp³-hybridized carbons (Fsp3) is 0.727. The van der Waals surface area contributed by atoms with Gasteiger partial charge >= 0.3 is 0 Å². The van der Waals surface area contributed by atoms with Crippen molar-refractivity contribution in [3.05, 3.63) is 12.2 Å². The Morgan fingerprint density at radius 2 is 1.73 bits per heavy atom. The number of alkyl halides is 3. The highest BCUT2D eigenvalue weighted by Gasteiger charge is 2.61. The number of hydrogen-bond donors (Lipinski definition) is 0. The molecule has 0 saturated heterocycles. The maximum absolute atomic E-state index is 11.6. The summed E-state index contributed by atoms with van der Waals surface area (Å²) in [5.74, 6) is -0.121. The summed E-state index contributed by atoms with van der Waals surface area (Å²) >= 11 is 19.1. The Labute approximate surface area is 106 Å². The lowest BCUT2D eigenvalue weighted by atomic mass is 9.69. The lowest BCUT2D eigenvalue weighted by molar-refractivity contribution is -0.119. The molecule has 0 fully saturated rings. The van der Waals surface area contributed by atoms with Crippen LogP contribution in [0.4, 0.5) is 0 Å². The van der Waals surface area contributed by atoms with Gasteiger partial charge < -0.3 is 0 Å². The molecule has 1 nitrogen and oxygen atoms in total. The molecule has 4 heteroatoms. The Morgan fingerprint density at radius 3 is 2.13 bits per heavy atom. The summed E-state index contributed by atoms with van der Waals surface area (Å²) < 4.78 is 0. The highest BCUT2D eigenvalue weighted by atomic mass is 35.5. The molecule has 0 heterocycles. The Bertz CT molecular complexity index is 320. The summed E-state index contributed by atoms with van der Waals surface area (Å²) in [6, 6.07) is 0. The normalized spacial score (nSPS) is 50.5. The van der Waals surface area contributed by atoms with Crippen molar-refractivity contribution in [3.8, 4) is 0 Å². The van der Waals surface area contributed by atoms with Crippen LogP contribution in [0.15, 0.2) is 12.2 Å². The third kappa shape index (κ3) is 1.64. The largest absolute Gasteiger partial charge is 0.298 e. The molecule has 4 unspecified atom stereocenters. The molecule has 4 atom stereocenters. The minimum Gasteiger partial charge on any atom is -0.298 e. The van der Waals surface area contributed by atoms with E-state index in [0.29, 0.717) is 0 Å². The Balaban J connectivity index is 3.37. The lowest BCUT2D eigenvalue weighted by Crippen LogP contribution is -2.62. The molecule has 86 valence electrons. The first-order valence-electron chi connectivity index (χ1n) is 4.84. The Morgan fingerprint density at radius 1 is 1.27 bits per heavy atom. The first kappa shape index (κ1) is 13.3. The van der Waals surface area contributed by atoms with E-state index in [1.54, 1.807) is 13.0 Å². The number of allylic oxidation sites excluding steroid dienone is 2. The van der Waals surface area contributed by atoms with E-state index in [1.807, 2.05) is 19.9 Å². The van der Waals surface area contributed by atoms with Crippen LogP contribution < -0.4 is 0 Å². The maximum atomic E-state index is 11.6. The topological polar surface area (TPSA) is 17.1 Å². The van der Waals surface area contributed by atoms with E-state index in [2.05, 4.69) is 0 Å². The van der Waals surface area contributed by atoms with Gasteiger partial charge in [0.25, 0.3) is 0 Å². The van der Waals surface area contributed by atoms with Gasteiger partial charge in [-0.1, -0.05) is 19.1 Å². The van der Waals surface area contributed by atoms with Crippen LogP contribution >= 0.6 is 34.8 Å². The molecule has 1 rings (SSSR count). The Hall–Kier alpha value is 0.280. The average Bonchev–Trinajstić information content (AvgIpc) is 2.10. The molecule has 15 heavy (non-hydrogen) atoms. The van der Waals surface area contributed by atoms with Crippen LogP contribution in [0.25, 0.3) is 0 Å². The zero-order valence-corrected chi connectivity index (χ0v) is 11.5. The van der Waals surface area contributed by atoms with E-state index in [9.17, 15) is 4.79 Å². The van der Waals surface area contributed by atoms with E-state index in [1.165, 1.54) is 6.92 Å². The van der Waals surface area contributed by atoms with Gasteiger partial charge in [-0.05, 0) is 26.7 Å². The van der Waals surface area contributed by atoms with Crippen molar-refractivity contribution in [3.63, 3.8) is 0 Å². The summed E-state index contributed by atoms with van der Waals surface area (Å²) in [7, 11) is 0. The van der Waals surface area contributed by atoms with Gasteiger partial charge in [0.1, 0.15) is 4.87 Å². The van der Waals surface area contributed by atoms with Gasteiger partial charge in [-0.2, -0.15) is 0 Å². The molecular formula is C11H15Cl3O. The van der Waals surface area contributed by atoms with Crippen LogP contribution in [0, 0.1) is 5.92 Å². The van der Waals surface area contributed by atoms with Crippen molar-refractivity contribution in [2.75, 3.05) is 0 Å². The number of carbonyl (C=O) groups is 1. The van der Waals surface area contributed by atoms with Crippen LogP contribution in [-0.2, 0) is 4.79 Å². The van der Waals surface area contributed by atoms with Gasteiger partial charge in [0.2, 0.25) is 0 Å². The third-order valence-corrected chi connectivity index (χ3v) is 5.96. The Kier molecular flexibility index (Phi) is 3.24. The maximum Gasteiger partial charge on any atom is 0.156 e. The fourth-order valence-electron chi connectivity index (χ4n) is 1.85. The van der Waals surface area contributed by atoms with E-state index >= 15 is 0 Å². The minimum atomic E-state index is -1.22. The van der Waals surface area contributed by atoms with Gasteiger partial charge in [0.15, 0.2) is 5.78 Å². The van der Waals surface area contributed by atoms with Crippen molar-refractivity contribution >= 4 is 40.6 Å². The molecule has 0 N–H and O–H groups in total. The lowest BCUT2D eigenvalue weighted by Gasteiger charge is -2.50. The highest BCUT2D eigenvalue weighted by Crippen LogP contribution is 2.54. The van der Waals surface area contributed by atoms with Crippen LogP contribution in [-0.4, -0.2) is 20.4 Å². The summed E-state index contributed by atoms with van der Waals surface area (Å²) in [6.07, 6.45) is 3.52. The first-order valence-corrected chi connectivity index (χ1v) is 5.98. The second-order valence-corrected chi connectivity index (χ2v) is 6.63. The van der Waals surface area contributed by atoms with Gasteiger partial charge in [-0.3, -0.25) is 4.79 Å². The van der Waals surface area contributed by atoms with Gasteiger partial charge in [-0.25, -0.2) is 0 Å². The molecule has 0 aromatic carbocycles. The van der Waals surface area contributed by atoms with Crippen LogP contribution in [0.2, 0.25) is 0 Å². The quantitative estimate of drug-likeness (QED) is 0.523. The van der Waals surface area contributed by atoms with Gasteiger partial charge in [0, 0.05) is 0 Å². The molecule has 0 radical (unpaired) electrons. The van der Waals surface area contributed by atoms with Crippen molar-refractivity contribution in [2.45, 2.75) is 42.3 Å². The molecule has 0 bridgehead atoms. The predicted octanol–water partition coefficient (Wildman–Crippen LogP) is 3.75. The van der Waals surface area contributed by atoms with Crippen LogP contribution in [0.3, 0.4) is 0 Å².